The van der Waals surface area contributed by atoms with Gasteiger partial charge in [-0.1, -0.05) is 12.1 Å². The highest BCUT2D eigenvalue weighted by atomic mass is 16.3. The van der Waals surface area contributed by atoms with Crippen LogP contribution in [0.15, 0.2) is 29.6 Å². The van der Waals surface area contributed by atoms with Gasteiger partial charge in [-0.25, -0.2) is 5.01 Å². The summed E-state index contributed by atoms with van der Waals surface area (Å²) in [4.78, 5) is 10.4. The van der Waals surface area contributed by atoms with E-state index in [-0.39, 0.29) is 0 Å². The van der Waals surface area contributed by atoms with Gasteiger partial charge in [-0.15, -0.1) is 4.91 Å². The van der Waals surface area contributed by atoms with Gasteiger partial charge in [-0.05, 0) is 12.1 Å². The van der Waals surface area contributed by atoms with Crippen molar-refractivity contribution in [3.63, 3.8) is 0 Å². The predicted octanol–water partition coefficient (Wildman–Crippen LogP) is 1.60. The molecule has 0 bridgehead atoms. The minimum atomic E-state index is 0.639. The second kappa shape index (κ2) is 2.81. The van der Waals surface area contributed by atoms with Gasteiger partial charge in [0.1, 0.15) is 0 Å². The highest BCUT2D eigenvalue weighted by Gasteiger charge is 2.15. The van der Waals surface area contributed by atoms with Crippen LogP contribution in [0.2, 0.25) is 0 Å². The van der Waals surface area contributed by atoms with Crippen LogP contribution in [0, 0.1) is 4.91 Å². The molecule has 0 unspecified atom stereocenters. The molecule has 12 heavy (non-hydrogen) atoms. The van der Waals surface area contributed by atoms with Gasteiger partial charge >= 0.3 is 0 Å². The highest BCUT2D eigenvalue weighted by molar-refractivity contribution is 5.71. The van der Waals surface area contributed by atoms with Crippen LogP contribution in [0.3, 0.4) is 0 Å². The smallest absolute Gasteiger partial charge is 0.0858 e. The van der Waals surface area contributed by atoms with E-state index in [0.717, 1.165) is 17.9 Å². The average Bonchev–Trinajstić information content (AvgIpc) is 2.17. The molecule has 4 nitrogen and oxygen atoms in total. The Morgan fingerprint density at radius 1 is 1.42 bits per heavy atom. The van der Waals surface area contributed by atoms with Gasteiger partial charge in [0.05, 0.1) is 23.2 Å². The van der Waals surface area contributed by atoms with Crippen molar-refractivity contribution in [3.8, 4) is 0 Å². The standard InChI is InChI=1S/C8H9N3O/c12-10-11-6-5-9-7-3-1-2-4-8(7)11/h1-4,9H,5-6H2. The van der Waals surface area contributed by atoms with Crippen LogP contribution in [0.25, 0.3) is 0 Å². The third-order valence-electron chi connectivity index (χ3n) is 1.92. The Morgan fingerprint density at radius 2 is 2.25 bits per heavy atom. The molecule has 0 amide bonds. The number of hydrogen-bond acceptors (Lipinski definition) is 3. The first-order chi connectivity index (χ1) is 5.92. The molecule has 1 N–H and O–H groups in total. The lowest BCUT2D eigenvalue weighted by molar-refractivity contribution is 0.826. The minimum Gasteiger partial charge on any atom is -0.381 e. The van der Waals surface area contributed by atoms with Crippen molar-refractivity contribution in [3.05, 3.63) is 29.2 Å². The quantitative estimate of drug-likeness (QED) is 0.639. The van der Waals surface area contributed by atoms with Crippen molar-refractivity contribution in [1.82, 2.24) is 0 Å². The van der Waals surface area contributed by atoms with Gasteiger partial charge in [-0.2, -0.15) is 0 Å². The van der Waals surface area contributed by atoms with E-state index in [1.165, 1.54) is 5.01 Å². The minimum absolute atomic E-state index is 0.639. The fourth-order valence-corrected chi connectivity index (χ4v) is 1.35. The van der Waals surface area contributed by atoms with Crippen molar-refractivity contribution in [2.75, 3.05) is 23.4 Å². The Labute approximate surface area is 70.1 Å². The molecule has 0 spiro atoms. The largest absolute Gasteiger partial charge is 0.381 e. The second-order valence-electron chi connectivity index (χ2n) is 2.65. The van der Waals surface area contributed by atoms with E-state index in [1.807, 2.05) is 24.3 Å². The van der Waals surface area contributed by atoms with Gasteiger partial charge in [0, 0.05) is 6.54 Å². The molecular weight excluding hydrogens is 154 g/mol. The number of benzene rings is 1. The number of nitroso groups, excluding NO2 is 1. The van der Waals surface area contributed by atoms with E-state index in [4.69, 9.17) is 0 Å². The number of nitrogens with zero attached hydrogens (tertiary/aromatic N) is 2. The number of fused-ring (bicyclic) bond motifs is 1. The summed E-state index contributed by atoms with van der Waals surface area (Å²) in [7, 11) is 0. The Morgan fingerprint density at radius 3 is 3.08 bits per heavy atom. The van der Waals surface area contributed by atoms with Crippen molar-refractivity contribution in [2.45, 2.75) is 0 Å². The maximum atomic E-state index is 10.4. The van der Waals surface area contributed by atoms with E-state index in [9.17, 15) is 4.91 Å². The van der Waals surface area contributed by atoms with Gasteiger partial charge in [0.2, 0.25) is 0 Å². The van der Waals surface area contributed by atoms with Gasteiger partial charge < -0.3 is 5.32 Å². The summed E-state index contributed by atoms with van der Waals surface area (Å²) in [5, 5.41) is 7.58. The lowest BCUT2D eigenvalue weighted by Gasteiger charge is -2.24. The van der Waals surface area contributed by atoms with Crippen LogP contribution < -0.4 is 10.3 Å². The first kappa shape index (κ1) is 7.09. The fraction of sp³-hybridized carbons (Fsp3) is 0.250. The zero-order valence-corrected chi connectivity index (χ0v) is 6.53. The van der Waals surface area contributed by atoms with Gasteiger partial charge in [0.15, 0.2) is 0 Å². The maximum absolute atomic E-state index is 10.4. The molecule has 1 aromatic carbocycles. The molecule has 0 saturated carbocycles. The normalized spacial score (nSPS) is 14.8. The first-order valence-electron chi connectivity index (χ1n) is 3.85. The van der Waals surface area contributed by atoms with Crippen LogP contribution >= 0.6 is 0 Å². The molecule has 1 aliphatic heterocycles. The molecule has 0 aromatic heterocycles. The van der Waals surface area contributed by atoms with Gasteiger partial charge in [0.25, 0.3) is 0 Å². The summed E-state index contributed by atoms with van der Waals surface area (Å²) >= 11 is 0. The zero-order valence-electron chi connectivity index (χ0n) is 6.53. The molecule has 4 heteroatoms. The third-order valence-corrected chi connectivity index (χ3v) is 1.92. The van der Waals surface area contributed by atoms with Crippen LogP contribution in [0.1, 0.15) is 0 Å². The maximum Gasteiger partial charge on any atom is 0.0858 e. The summed E-state index contributed by atoms with van der Waals surface area (Å²) in [6.45, 7) is 1.41. The number of hydrogen-bond donors (Lipinski definition) is 1. The van der Waals surface area contributed by atoms with Crippen molar-refractivity contribution >= 4 is 11.4 Å². The van der Waals surface area contributed by atoms with Crippen LogP contribution in [-0.4, -0.2) is 13.1 Å². The van der Waals surface area contributed by atoms with E-state index in [2.05, 4.69) is 10.6 Å². The molecule has 1 heterocycles. The SMILES string of the molecule is O=NN1CCNc2ccccc21. The number of nitrogens with one attached hydrogen (secondary N) is 1. The van der Waals surface area contributed by atoms with Crippen molar-refractivity contribution in [1.29, 1.82) is 0 Å². The van der Waals surface area contributed by atoms with E-state index in [1.54, 1.807) is 0 Å². The Bertz CT molecular complexity index is 300. The molecule has 0 atom stereocenters. The monoisotopic (exact) mass is 163 g/mol. The molecule has 0 aliphatic carbocycles. The third kappa shape index (κ3) is 1.01. The highest BCUT2D eigenvalue weighted by Crippen LogP contribution is 2.27. The molecule has 0 fully saturated rings. The zero-order chi connectivity index (χ0) is 8.39. The number of para-hydroxylation sites is 2. The predicted molar refractivity (Wildman–Crippen MR) is 48.1 cm³/mol. The molecule has 0 saturated heterocycles. The van der Waals surface area contributed by atoms with E-state index >= 15 is 0 Å². The average molecular weight is 163 g/mol. The van der Waals surface area contributed by atoms with Crippen molar-refractivity contribution in [2.24, 2.45) is 5.29 Å². The van der Waals surface area contributed by atoms with E-state index in [0.29, 0.717) is 6.54 Å². The summed E-state index contributed by atoms with van der Waals surface area (Å²) in [5.74, 6) is 0. The second-order valence-corrected chi connectivity index (χ2v) is 2.65. The van der Waals surface area contributed by atoms with Crippen LogP contribution in [0.5, 0.6) is 0 Å². The lowest BCUT2D eigenvalue weighted by Crippen LogP contribution is -2.29. The number of rotatable bonds is 1. The summed E-state index contributed by atoms with van der Waals surface area (Å²) in [6.07, 6.45) is 0. The summed E-state index contributed by atoms with van der Waals surface area (Å²) in [6, 6.07) is 7.64. The Hall–Kier alpha value is -1.58. The summed E-state index contributed by atoms with van der Waals surface area (Å²) < 4.78 is 0. The molecule has 0 radical (unpaired) electrons. The Balaban J connectivity index is 2.43. The van der Waals surface area contributed by atoms with Gasteiger partial charge in [-0.3, -0.25) is 0 Å². The summed E-state index contributed by atoms with van der Waals surface area (Å²) in [5.41, 5.74) is 1.84. The topological polar surface area (TPSA) is 44.7 Å². The number of anilines is 2. The lowest BCUT2D eigenvalue weighted by atomic mass is 10.2. The van der Waals surface area contributed by atoms with Crippen LogP contribution in [0.4, 0.5) is 11.4 Å². The first-order valence-corrected chi connectivity index (χ1v) is 3.85. The van der Waals surface area contributed by atoms with E-state index < -0.39 is 0 Å². The molecule has 1 aromatic rings. The van der Waals surface area contributed by atoms with Crippen molar-refractivity contribution < 1.29 is 0 Å². The Kier molecular flexibility index (Phi) is 1.66. The van der Waals surface area contributed by atoms with Crippen LogP contribution in [-0.2, 0) is 0 Å². The fourth-order valence-electron chi connectivity index (χ4n) is 1.35. The molecule has 1 aliphatic rings. The molecular formula is C8H9N3O. The molecule has 62 valence electrons. The molecule has 2 rings (SSSR count).